The van der Waals surface area contributed by atoms with E-state index >= 15 is 0 Å². The van der Waals surface area contributed by atoms with E-state index in [0.29, 0.717) is 30.2 Å². The normalized spacial score (nSPS) is 14.9. The topological polar surface area (TPSA) is 92.0 Å². The summed E-state index contributed by atoms with van der Waals surface area (Å²) in [6.07, 6.45) is 3.00. The molecular weight excluding hydrogens is 421 g/mol. The number of nitrogens with zero attached hydrogens (tertiary/aromatic N) is 2. The third kappa shape index (κ3) is 4.73. The van der Waals surface area contributed by atoms with Crippen molar-refractivity contribution in [2.75, 3.05) is 13.1 Å². The van der Waals surface area contributed by atoms with Crippen LogP contribution in [0.3, 0.4) is 0 Å². The fourth-order valence-corrected chi connectivity index (χ4v) is 4.85. The minimum atomic E-state index is -3.61. The Kier molecular flexibility index (Phi) is 5.97. The van der Waals surface area contributed by atoms with E-state index in [4.69, 9.17) is 4.42 Å². The highest BCUT2D eigenvalue weighted by molar-refractivity contribution is 7.89. The zero-order valence-electron chi connectivity index (χ0n) is 16.5. The van der Waals surface area contributed by atoms with Crippen molar-refractivity contribution in [2.24, 2.45) is 5.10 Å². The monoisotopic (exact) mass is 441 g/mol. The first-order chi connectivity index (χ1) is 14.9. The van der Waals surface area contributed by atoms with Gasteiger partial charge in [-0.1, -0.05) is 6.07 Å². The summed E-state index contributed by atoms with van der Waals surface area (Å²) < 4.78 is 45.4. The standard InChI is InChI=1S/C22H20FN3O4S/c23-18-8-6-16(7-9-18)21-11-10-19(30-21)15-24-25-22(27)17-4-3-5-20(14-17)31(28,29)26-12-1-2-13-26/h3-11,14-15H,1-2,12-13H2,(H,25,27)/b24-15-. The van der Waals surface area contributed by atoms with Gasteiger partial charge in [0.2, 0.25) is 10.0 Å². The number of hydrazone groups is 1. The van der Waals surface area contributed by atoms with Gasteiger partial charge >= 0.3 is 0 Å². The van der Waals surface area contributed by atoms with Gasteiger partial charge < -0.3 is 4.42 Å². The molecule has 1 aliphatic rings. The summed E-state index contributed by atoms with van der Waals surface area (Å²) in [5.41, 5.74) is 3.26. The van der Waals surface area contributed by atoms with Crippen LogP contribution in [0.1, 0.15) is 29.0 Å². The number of sulfonamides is 1. The first kappa shape index (κ1) is 21.0. The van der Waals surface area contributed by atoms with E-state index in [9.17, 15) is 17.6 Å². The van der Waals surface area contributed by atoms with E-state index in [1.54, 1.807) is 24.3 Å². The Balaban J connectivity index is 1.42. The van der Waals surface area contributed by atoms with Gasteiger partial charge in [-0.2, -0.15) is 9.41 Å². The van der Waals surface area contributed by atoms with Crippen molar-refractivity contribution in [3.05, 3.63) is 77.8 Å². The van der Waals surface area contributed by atoms with Crippen molar-refractivity contribution < 1.29 is 22.0 Å². The van der Waals surface area contributed by atoms with Gasteiger partial charge in [-0.05, 0) is 67.4 Å². The van der Waals surface area contributed by atoms with Gasteiger partial charge in [0, 0.05) is 24.2 Å². The molecule has 1 N–H and O–H groups in total. The van der Waals surface area contributed by atoms with E-state index in [1.807, 2.05) is 0 Å². The van der Waals surface area contributed by atoms with Crippen LogP contribution in [-0.4, -0.2) is 37.9 Å². The Morgan fingerprint density at radius 2 is 1.81 bits per heavy atom. The van der Waals surface area contributed by atoms with Crippen molar-refractivity contribution in [1.29, 1.82) is 0 Å². The highest BCUT2D eigenvalue weighted by Gasteiger charge is 2.27. The Bertz CT molecular complexity index is 1210. The average Bonchev–Trinajstić information content (AvgIpc) is 3.47. The maximum atomic E-state index is 13.0. The Morgan fingerprint density at radius 3 is 2.55 bits per heavy atom. The molecule has 1 fully saturated rings. The van der Waals surface area contributed by atoms with Crippen LogP contribution in [-0.2, 0) is 10.0 Å². The zero-order chi connectivity index (χ0) is 21.8. The van der Waals surface area contributed by atoms with Gasteiger partial charge in [0.15, 0.2) is 0 Å². The largest absolute Gasteiger partial charge is 0.455 e. The van der Waals surface area contributed by atoms with E-state index in [2.05, 4.69) is 10.5 Å². The van der Waals surface area contributed by atoms with E-state index in [-0.39, 0.29) is 16.3 Å². The van der Waals surface area contributed by atoms with Crippen molar-refractivity contribution in [3.63, 3.8) is 0 Å². The summed E-state index contributed by atoms with van der Waals surface area (Å²) in [6.45, 7) is 0.984. The highest BCUT2D eigenvalue weighted by atomic mass is 32.2. The van der Waals surface area contributed by atoms with Crippen LogP contribution in [0.25, 0.3) is 11.3 Å². The Morgan fingerprint density at radius 1 is 1.06 bits per heavy atom. The first-order valence-electron chi connectivity index (χ1n) is 9.73. The number of amides is 1. The molecule has 4 rings (SSSR count). The molecule has 0 radical (unpaired) electrons. The lowest BCUT2D eigenvalue weighted by atomic mass is 10.2. The second-order valence-electron chi connectivity index (χ2n) is 7.05. The van der Waals surface area contributed by atoms with Crippen LogP contribution in [0.4, 0.5) is 4.39 Å². The molecule has 0 unspecified atom stereocenters. The lowest BCUT2D eigenvalue weighted by Gasteiger charge is -2.15. The van der Waals surface area contributed by atoms with Gasteiger partial charge in [-0.3, -0.25) is 4.79 Å². The molecule has 1 aromatic heterocycles. The number of carbonyl (C=O) groups excluding carboxylic acids is 1. The molecular formula is C22H20FN3O4S. The molecule has 1 amide bonds. The molecule has 3 aromatic rings. The number of furan rings is 1. The molecule has 0 saturated carbocycles. The van der Waals surface area contributed by atoms with Crippen LogP contribution >= 0.6 is 0 Å². The molecule has 160 valence electrons. The van der Waals surface area contributed by atoms with Crippen LogP contribution < -0.4 is 5.43 Å². The predicted molar refractivity (Wildman–Crippen MR) is 114 cm³/mol. The lowest BCUT2D eigenvalue weighted by Crippen LogP contribution is -2.28. The summed E-state index contributed by atoms with van der Waals surface area (Å²) in [4.78, 5) is 12.5. The predicted octanol–water partition coefficient (Wildman–Crippen LogP) is 3.63. The maximum absolute atomic E-state index is 13.0. The fourth-order valence-electron chi connectivity index (χ4n) is 3.29. The summed E-state index contributed by atoms with van der Waals surface area (Å²) >= 11 is 0. The number of hydrogen-bond acceptors (Lipinski definition) is 5. The van der Waals surface area contributed by atoms with Gasteiger partial charge in [0.1, 0.15) is 17.3 Å². The van der Waals surface area contributed by atoms with Crippen molar-refractivity contribution in [2.45, 2.75) is 17.7 Å². The second-order valence-corrected chi connectivity index (χ2v) is 8.98. The molecule has 1 saturated heterocycles. The summed E-state index contributed by atoms with van der Waals surface area (Å²) in [5, 5.41) is 3.87. The summed E-state index contributed by atoms with van der Waals surface area (Å²) in [7, 11) is -3.61. The zero-order valence-corrected chi connectivity index (χ0v) is 17.3. The van der Waals surface area contributed by atoms with Crippen LogP contribution in [0, 0.1) is 5.82 Å². The molecule has 31 heavy (non-hydrogen) atoms. The Hall–Kier alpha value is -3.30. The highest BCUT2D eigenvalue weighted by Crippen LogP contribution is 2.22. The third-order valence-corrected chi connectivity index (χ3v) is 6.81. The molecule has 2 heterocycles. The SMILES string of the molecule is O=C(N/N=C\c1ccc(-c2ccc(F)cc2)o1)c1cccc(S(=O)(=O)N2CCCC2)c1. The number of rotatable bonds is 6. The maximum Gasteiger partial charge on any atom is 0.271 e. The minimum Gasteiger partial charge on any atom is -0.455 e. The van der Waals surface area contributed by atoms with Gasteiger partial charge in [-0.25, -0.2) is 18.2 Å². The molecule has 0 spiro atoms. The molecule has 2 aromatic carbocycles. The number of hydrogen-bond donors (Lipinski definition) is 1. The van der Waals surface area contributed by atoms with E-state index < -0.39 is 15.9 Å². The molecule has 7 nitrogen and oxygen atoms in total. The van der Waals surface area contributed by atoms with Crippen LogP contribution in [0.15, 0.2) is 75.1 Å². The van der Waals surface area contributed by atoms with Crippen LogP contribution in [0.5, 0.6) is 0 Å². The molecule has 1 aliphatic heterocycles. The molecule has 0 atom stereocenters. The second kappa shape index (κ2) is 8.83. The van der Waals surface area contributed by atoms with Crippen LogP contribution in [0.2, 0.25) is 0 Å². The number of benzene rings is 2. The van der Waals surface area contributed by atoms with Gasteiger partial charge in [-0.15, -0.1) is 0 Å². The number of carbonyl (C=O) groups is 1. The average molecular weight is 441 g/mol. The smallest absolute Gasteiger partial charge is 0.271 e. The van der Waals surface area contributed by atoms with E-state index in [1.165, 1.54) is 46.9 Å². The quantitative estimate of drug-likeness (QED) is 0.467. The molecule has 0 bridgehead atoms. The third-order valence-electron chi connectivity index (χ3n) is 4.91. The molecule has 9 heteroatoms. The number of halogens is 1. The summed E-state index contributed by atoms with van der Waals surface area (Å²) in [6, 6.07) is 15.1. The van der Waals surface area contributed by atoms with Crippen molar-refractivity contribution in [1.82, 2.24) is 9.73 Å². The van der Waals surface area contributed by atoms with Gasteiger partial charge in [0.25, 0.3) is 5.91 Å². The fraction of sp³-hybridized carbons (Fsp3) is 0.182. The van der Waals surface area contributed by atoms with Crippen molar-refractivity contribution in [3.8, 4) is 11.3 Å². The lowest BCUT2D eigenvalue weighted by molar-refractivity contribution is 0.0955. The molecule has 0 aliphatic carbocycles. The summed E-state index contributed by atoms with van der Waals surface area (Å²) in [5.74, 6) is 0.0507. The Labute approximate surface area is 179 Å². The number of nitrogens with one attached hydrogen (secondary N) is 1. The first-order valence-corrected chi connectivity index (χ1v) is 11.2. The van der Waals surface area contributed by atoms with Crippen molar-refractivity contribution >= 4 is 22.1 Å². The van der Waals surface area contributed by atoms with E-state index in [0.717, 1.165) is 12.8 Å². The van der Waals surface area contributed by atoms with Gasteiger partial charge in [0.05, 0.1) is 11.1 Å². The minimum absolute atomic E-state index is 0.0843.